The van der Waals surface area contributed by atoms with E-state index in [1.807, 2.05) is 0 Å². The molecule has 3 nitrogen and oxygen atoms in total. The van der Waals surface area contributed by atoms with E-state index in [2.05, 4.69) is 20.9 Å². The first-order chi connectivity index (χ1) is 11.8. The Morgan fingerprint density at radius 1 is 1.28 bits per heavy atom. The lowest BCUT2D eigenvalue weighted by Gasteiger charge is -2.30. The molecule has 1 aromatic carbocycles. The average Bonchev–Trinajstić information content (AvgIpc) is 3.39. The Labute approximate surface area is 152 Å². The molecule has 0 radical (unpaired) electrons. The summed E-state index contributed by atoms with van der Waals surface area (Å²) >= 11 is 3.29. The van der Waals surface area contributed by atoms with Crippen molar-refractivity contribution in [1.82, 2.24) is 9.88 Å². The van der Waals surface area contributed by atoms with Crippen molar-refractivity contribution in [3.63, 3.8) is 0 Å². The van der Waals surface area contributed by atoms with E-state index in [0.29, 0.717) is 15.6 Å². The van der Waals surface area contributed by atoms with Crippen molar-refractivity contribution >= 4 is 21.8 Å². The van der Waals surface area contributed by atoms with Crippen molar-refractivity contribution in [2.24, 2.45) is 0 Å². The molecule has 1 aliphatic rings. The maximum atomic E-state index is 13.0. The topological polar surface area (TPSA) is 33.2 Å². The summed E-state index contributed by atoms with van der Waals surface area (Å²) in [6, 6.07) is 6.43. The van der Waals surface area contributed by atoms with E-state index >= 15 is 0 Å². The van der Waals surface area contributed by atoms with E-state index in [9.17, 15) is 18.0 Å². The molecule has 1 heterocycles. The van der Waals surface area contributed by atoms with E-state index in [1.54, 1.807) is 30.2 Å². The molecule has 0 N–H and O–H groups in total. The molecular formula is C18H16BrF3N2O. The lowest BCUT2D eigenvalue weighted by molar-refractivity contribution is -0.137. The van der Waals surface area contributed by atoms with Gasteiger partial charge in [0.1, 0.15) is 0 Å². The van der Waals surface area contributed by atoms with E-state index in [-0.39, 0.29) is 11.9 Å². The molecule has 2 aromatic rings. The van der Waals surface area contributed by atoms with E-state index in [4.69, 9.17) is 0 Å². The summed E-state index contributed by atoms with van der Waals surface area (Å²) in [4.78, 5) is 18.6. The molecule has 7 heteroatoms. The van der Waals surface area contributed by atoms with Gasteiger partial charge in [0.15, 0.2) is 0 Å². The average molecular weight is 413 g/mol. The van der Waals surface area contributed by atoms with Crippen LogP contribution in [0.1, 0.15) is 47.3 Å². The Morgan fingerprint density at radius 2 is 2.00 bits per heavy atom. The van der Waals surface area contributed by atoms with Crippen molar-refractivity contribution in [2.45, 2.75) is 38.0 Å². The normalized spacial score (nSPS) is 15.7. The van der Waals surface area contributed by atoms with Crippen LogP contribution in [-0.2, 0) is 6.18 Å². The van der Waals surface area contributed by atoms with E-state index < -0.39 is 17.8 Å². The first-order valence-corrected chi connectivity index (χ1v) is 8.67. The fourth-order valence-electron chi connectivity index (χ4n) is 2.82. The van der Waals surface area contributed by atoms with Crippen LogP contribution in [0.15, 0.2) is 47.2 Å². The van der Waals surface area contributed by atoms with Crippen molar-refractivity contribution < 1.29 is 18.0 Å². The summed E-state index contributed by atoms with van der Waals surface area (Å²) in [5.74, 6) is -0.221. The predicted octanol–water partition coefficient (Wildman–Crippen LogP) is 5.23. The summed E-state index contributed by atoms with van der Waals surface area (Å²) < 4.78 is 39.6. The van der Waals surface area contributed by atoms with Crippen molar-refractivity contribution in [3.05, 3.63) is 63.9 Å². The van der Waals surface area contributed by atoms with Crippen LogP contribution in [0.2, 0.25) is 0 Å². The molecule has 1 atom stereocenters. The van der Waals surface area contributed by atoms with Crippen LogP contribution in [-0.4, -0.2) is 21.8 Å². The molecule has 1 fully saturated rings. The zero-order chi connectivity index (χ0) is 18.2. The third kappa shape index (κ3) is 4.03. The molecule has 0 spiro atoms. The number of hydrogen-bond donors (Lipinski definition) is 0. The smallest absolute Gasteiger partial charge is 0.329 e. The molecule has 1 amide bonds. The molecule has 3 rings (SSSR count). The summed E-state index contributed by atoms with van der Waals surface area (Å²) in [5, 5.41) is 0. The standard InChI is InChI=1S/C18H16BrF3N2O/c1-11(12-3-2-4-14(7-12)18(20,21)22)24(16-5-6-16)17(25)13-8-15(19)10-23-9-13/h2-4,7-11,16H,5-6H2,1H3. The number of nitrogens with zero attached hydrogens (tertiary/aromatic N) is 2. The van der Waals surface area contributed by atoms with Gasteiger partial charge in [-0.15, -0.1) is 0 Å². The second kappa shape index (κ2) is 6.78. The maximum Gasteiger partial charge on any atom is 0.416 e. The van der Waals surface area contributed by atoms with Gasteiger partial charge in [0.2, 0.25) is 0 Å². The Morgan fingerprint density at radius 3 is 2.60 bits per heavy atom. The number of carbonyl (C=O) groups excluding carboxylic acids is 1. The van der Waals surface area contributed by atoms with Crippen LogP contribution >= 0.6 is 15.9 Å². The summed E-state index contributed by atoms with van der Waals surface area (Å²) in [6.07, 6.45) is 0.362. The van der Waals surface area contributed by atoms with Gasteiger partial charge in [0, 0.05) is 22.9 Å². The highest BCUT2D eigenvalue weighted by Crippen LogP contribution is 2.37. The van der Waals surface area contributed by atoms with Gasteiger partial charge >= 0.3 is 6.18 Å². The summed E-state index contributed by atoms with van der Waals surface area (Å²) in [5.41, 5.74) is 0.183. The molecule has 25 heavy (non-hydrogen) atoms. The monoisotopic (exact) mass is 412 g/mol. The highest BCUT2D eigenvalue weighted by atomic mass is 79.9. The minimum Gasteiger partial charge on any atom is -0.329 e. The quantitative estimate of drug-likeness (QED) is 0.688. The third-order valence-electron chi connectivity index (χ3n) is 4.24. The van der Waals surface area contributed by atoms with E-state index in [0.717, 1.165) is 25.0 Å². The summed E-state index contributed by atoms with van der Waals surface area (Å²) in [7, 11) is 0. The van der Waals surface area contributed by atoms with Crippen LogP contribution in [0.4, 0.5) is 13.2 Å². The van der Waals surface area contributed by atoms with Gasteiger partial charge < -0.3 is 4.90 Å². The van der Waals surface area contributed by atoms with Crippen LogP contribution in [0.3, 0.4) is 0 Å². The number of pyridine rings is 1. The molecule has 1 aliphatic carbocycles. The van der Waals surface area contributed by atoms with Gasteiger partial charge in [0.05, 0.1) is 17.2 Å². The molecule has 132 valence electrons. The number of benzene rings is 1. The Balaban J connectivity index is 1.92. The van der Waals surface area contributed by atoms with Gasteiger partial charge in [-0.3, -0.25) is 9.78 Å². The first kappa shape index (κ1) is 17.9. The van der Waals surface area contributed by atoms with Crippen LogP contribution in [0, 0.1) is 0 Å². The molecule has 0 aliphatic heterocycles. The SMILES string of the molecule is CC(c1cccc(C(F)(F)F)c1)N(C(=O)c1cncc(Br)c1)C1CC1. The highest BCUT2D eigenvalue weighted by molar-refractivity contribution is 9.10. The fourth-order valence-corrected chi connectivity index (χ4v) is 3.19. The molecular weight excluding hydrogens is 397 g/mol. The number of amides is 1. The van der Waals surface area contributed by atoms with Gasteiger partial charge in [-0.25, -0.2) is 0 Å². The fraction of sp³-hybridized carbons (Fsp3) is 0.333. The number of halogens is 4. The Kier molecular flexibility index (Phi) is 4.86. The van der Waals surface area contributed by atoms with Crippen LogP contribution in [0.5, 0.6) is 0 Å². The van der Waals surface area contributed by atoms with Crippen LogP contribution in [0.25, 0.3) is 0 Å². The number of aromatic nitrogens is 1. The number of hydrogen-bond acceptors (Lipinski definition) is 2. The zero-order valence-electron chi connectivity index (χ0n) is 13.4. The van der Waals surface area contributed by atoms with Gasteiger partial charge in [-0.05, 0) is 59.5 Å². The minimum atomic E-state index is -4.40. The first-order valence-electron chi connectivity index (χ1n) is 7.88. The zero-order valence-corrected chi connectivity index (χ0v) is 15.0. The molecule has 0 saturated heterocycles. The minimum absolute atomic E-state index is 0.0519. The number of carbonyl (C=O) groups is 1. The lowest BCUT2D eigenvalue weighted by Crippen LogP contribution is -2.35. The van der Waals surface area contributed by atoms with Crippen molar-refractivity contribution in [2.75, 3.05) is 0 Å². The van der Waals surface area contributed by atoms with Gasteiger partial charge in [-0.2, -0.15) is 13.2 Å². The largest absolute Gasteiger partial charge is 0.416 e. The third-order valence-corrected chi connectivity index (χ3v) is 4.67. The van der Waals surface area contributed by atoms with Crippen molar-refractivity contribution in [3.8, 4) is 0 Å². The van der Waals surface area contributed by atoms with Gasteiger partial charge in [-0.1, -0.05) is 12.1 Å². The van der Waals surface area contributed by atoms with E-state index in [1.165, 1.54) is 12.3 Å². The molecule has 1 aromatic heterocycles. The van der Waals surface area contributed by atoms with Crippen LogP contribution < -0.4 is 0 Å². The predicted molar refractivity (Wildman–Crippen MR) is 91.0 cm³/mol. The Bertz CT molecular complexity index is 790. The maximum absolute atomic E-state index is 13.0. The highest BCUT2D eigenvalue weighted by Gasteiger charge is 2.38. The Hall–Kier alpha value is -1.89. The second-order valence-corrected chi connectivity index (χ2v) is 7.05. The summed E-state index contributed by atoms with van der Waals surface area (Å²) in [6.45, 7) is 1.76. The van der Waals surface area contributed by atoms with Crippen molar-refractivity contribution in [1.29, 1.82) is 0 Å². The molecule has 1 saturated carbocycles. The van der Waals surface area contributed by atoms with Gasteiger partial charge in [0.25, 0.3) is 5.91 Å². The lowest BCUT2D eigenvalue weighted by atomic mass is 10.0. The number of alkyl halides is 3. The molecule has 1 unspecified atom stereocenters. The second-order valence-electron chi connectivity index (χ2n) is 6.13. The molecule has 0 bridgehead atoms. The number of rotatable bonds is 4.